The first-order valence-corrected chi connectivity index (χ1v) is 5.28. The molecule has 2 rings (SSSR count). The average molecular weight is 190 g/mol. The zero-order valence-electron chi connectivity index (χ0n) is 8.96. The van der Waals surface area contributed by atoms with Gasteiger partial charge in [0.15, 0.2) is 0 Å². The maximum absolute atomic E-state index is 5.80. The molecule has 76 valence electrons. The third-order valence-electron chi connectivity index (χ3n) is 3.04. The fourth-order valence-electron chi connectivity index (χ4n) is 2.03. The van der Waals surface area contributed by atoms with Gasteiger partial charge in [0.2, 0.25) is 0 Å². The van der Waals surface area contributed by atoms with Crippen molar-refractivity contribution in [3.8, 4) is 0 Å². The molecule has 1 fully saturated rings. The topological polar surface area (TPSA) is 29.3 Å². The van der Waals surface area contributed by atoms with Crippen molar-refractivity contribution in [3.63, 3.8) is 0 Å². The number of nitrogens with two attached hydrogens (primary N) is 1. The quantitative estimate of drug-likeness (QED) is 0.689. The van der Waals surface area contributed by atoms with Crippen molar-refractivity contribution in [3.05, 3.63) is 23.8 Å². The average Bonchev–Trinajstić information content (AvgIpc) is 2.57. The van der Waals surface area contributed by atoms with Gasteiger partial charge in [-0.05, 0) is 43.0 Å². The van der Waals surface area contributed by atoms with Crippen LogP contribution in [0.3, 0.4) is 0 Å². The summed E-state index contributed by atoms with van der Waals surface area (Å²) in [6, 6.07) is 6.32. The van der Waals surface area contributed by atoms with Gasteiger partial charge in [-0.2, -0.15) is 0 Å². The monoisotopic (exact) mass is 190 g/mol. The molecule has 1 aromatic rings. The molecular formula is C12H18N2. The second kappa shape index (κ2) is 3.52. The lowest BCUT2D eigenvalue weighted by Gasteiger charge is -2.19. The number of benzene rings is 1. The number of anilines is 2. The van der Waals surface area contributed by atoms with Crippen LogP contribution >= 0.6 is 0 Å². The largest absolute Gasteiger partial charge is 0.399 e. The Morgan fingerprint density at radius 1 is 1.43 bits per heavy atom. The van der Waals surface area contributed by atoms with Crippen LogP contribution in [-0.4, -0.2) is 13.1 Å². The molecule has 14 heavy (non-hydrogen) atoms. The van der Waals surface area contributed by atoms with Gasteiger partial charge in [0.1, 0.15) is 0 Å². The van der Waals surface area contributed by atoms with E-state index in [1.165, 1.54) is 30.8 Å². The van der Waals surface area contributed by atoms with Gasteiger partial charge in [-0.15, -0.1) is 0 Å². The van der Waals surface area contributed by atoms with Crippen molar-refractivity contribution in [2.45, 2.75) is 20.3 Å². The maximum Gasteiger partial charge on any atom is 0.0370 e. The van der Waals surface area contributed by atoms with Crippen LogP contribution in [0.15, 0.2) is 18.2 Å². The van der Waals surface area contributed by atoms with Crippen LogP contribution < -0.4 is 10.6 Å². The second-order valence-corrected chi connectivity index (χ2v) is 4.38. The summed E-state index contributed by atoms with van der Waals surface area (Å²) in [6.45, 7) is 6.75. The van der Waals surface area contributed by atoms with Crippen LogP contribution in [0.1, 0.15) is 18.9 Å². The zero-order chi connectivity index (χ0) is 10.1. The molecule has 2 nitrogen and oxygen atoms in total. The first-order valence-electron chi connectivity index (χ1n) is 5.28. The van der Waals surface area contributed by atoms with Crippen LogP contribution in [0, 0.1) is 12.8 Å². The van der Waals surface area contributed by atoms with Crippen LogP contribution in [0.25, 0.3) is 0 Å². The van der Waals surface area contributed by atoms with Crippen molar-refractivity contribution in [2.75, 3.05) is 23.7 Å². The summed E-state index contributed by atoms with van der Waals surface area (Å²) < 4.78 is 0. The van der Waals surface area contributed by atoms with Gasteiger partial charge in [-0.1, -0.05) is 6.92 Å². The fraction of sp³-hybridized carbons (Fsp3) is 0.500. The summed E-state index contributed by atoms with van der Waals surface area (Å²) in [5, 5.41) is 0. The van der Waals surface area contributed by atoms with E-state index in [4.69, 9.17) is 5.73 Å². The van der Waals surface area contributed by atoms with Crippen LogP contribution in [0.2, 0.25) is 0 Å². The van der Waals surface area contributed by atoms with Gasteiger partial charge in [-0.25, -0.2) is 0 Å². The molecule has 0 radical (unpaired) electrons. The van der Waals surface area contributed by atoms with E-state index < -0.39 is 0 Å². The van der Waals surface area contributed by atoms with Crippen molar-refractivity contribution in [1.82, 2.24) is 0 Å². The van der Waals surface area contributed by atoms with E-state index in [0.717, 1.165) is 11.6 Å². The van der Waals surface area contributed by atoms with Gasteiger partial charge in [0, 0.05) is 24.5 Å². The summed E-state index contributed by atoms with van der Waals surface area (Å²) in [5.41, 5.74) is 9.19. The second-order valence-electron chi connectivity index (χ2n) is 4.38. The Morgan fingerprint density at radius 2 is 2.21 bits per heavy atom. The van der Waals surface area contributed by atoms with Crippen molar-refractivity contribution >= 4 is 11.4 Å². The molecule has 0 bridgehead atoms. The number of nitrogen functional groups attached to an aromatic ring is 1. The molecule has 2 heteroatoms. The summed E-state index contributed by atoms with van der Waals surface area (Å²) >= 11 is 0. The number of nitrogens with zero attached hydrogens (tertiary/aromatic N) is 1. The van der Waals surface area contributed by atoms with Gasteiger partial charge in [0.05, 0.1) is 0 Å². The number of aryl methyl sites for hydroxylation is 1. The maximum atomic E-state index is 5.80. The van der Waals surface area contributed by atoms with E-state index in [-0.39, 0.29) is 0 Å². The van der Waals surface area contributed by atoms with Crippen molar-refractivity contribution < 1.29 is 0 Å². The lowest BCUT2D eigenvalue weighted by molar-refractivity contribution is 0.659. The summed E-state index contributed by atoms with van der Waals surface area (Å²) in [7, 11) is 0. The van der Waals surface area contributed by atoms with E-state index in [2.05, 4.69) is 30.9 Å². The smallest absolute Gasteiger partial charge is 0.0370 e. The summed E-state index contributed by atoms with van der Waals surface area (Å²) in [4.78, 5) is 2.44. The Labute approximate surface area is 85.7 Å². The molecule has 1 unspecified atom stereocenters. The summed E-state index contributed by atoms with van der Waals surface area (Å²) in [6.07, 6.45) is 1.31. The van der Waals surface area contributed by atoms with Crippen LogP contribution in [0.4, 0.5) is 11.4 Å². The summed E-state index contributed by atoms with van der Waals surface area (Å²) in [5.74, 6) is 0.827. The normalized spacial score (nSPS) is 21.6. The van der Waals surface area contributed by atoms with E-state index in [9.17, 15) is 0 Å². The minimum atomic E-state index is 0.827. The van der Waals surface area contributed by atoms with Crippen LogP contribution in [-0.2, 0) is 0 Å². The molecule has 1 aliphatic heterocycles. The molecule has 0 saturated carbocycles. The van der Waals surface area contributed by atoms with Gasteiger partial charge in [-0.3, -0.25) is 0 Å². The van der Waals surface area contributed by atoms with E-state index >= 15 is 0 Å². The highest BCUT2D eigenvalue weighted by Crippen LogP contribution is 2.25. The molecule has 1 heterocycles. The molecule has 0 aromatic heterocycles. The molecule has 1 atom stereocenters. The Hall–Kier alpha value is -1.18. The highest BCUT2D eigenvalue weighted by molar-refractivity contribution is 5.58. The van der Waals surface area contributed by atoms with Crippen LogP contribution in [0.5, 0.6) is 0 Å². The minimum Gasteiger partial charge on any atom is -0.399 e. The van der Waals surface area contributed by atoms with Gasteiger partial charge in [0.25, 0.3) is 0 Å². The highest BCUT2D eigenvalue weighted by atomic mass is 15.1. The Bertz CT molecular complexity index is 333. The molecular weight excluding hydrogens is 172 g/mol. The first kappa shape index (κ1) is 9.38. The van der Waals surface area contributed by atoms with E-state index in [0.29, 0.717) is 0 Å². The third kappa shape index (κ3) is 1.69. The molecule has 0 spiro atoms. The van der Waals surface area contributed by atoms with E-state index in [1.807, 2.05) is 6.07 Å². The Morgan fingerprint density at radius 3 is 2.79 bits per heavy atom. The Kier molecular flexibility index (Phi) is 2.36. The predicted molar refractivity (Wildman–Crippen MR) is 61.6 cm³/mol. The highest BCUT2D eigenvalue weighted by Gasteiger charge is 2.18. The predicted octanol–water partition coefficient (Wildman–Crippen LogP) is 2.42. The van der Waals surface area contributed by atoms with Crippen molar-refractivity contribution in [2.24, 2.45) is 5.92 Å². The molecule has 1 saturated heterocycles. The van der Waals surface area contributed by atoms with Gasteiger partial charge < -0.3 is 10.6 Å². The standard InChI is InChI=1S/C12H18N2/c1-9-5-6-14(8-9)11-3-4-12(13)10(2)7-11/h3-4,7,9H,5-6,8,13H2,1-2H3. The van der Waals surface area contributed by atoms with E-state index in [1.54, 1.807) is 0 Å². The fourth-order valence-corrected chi connectivity index (χ4v) is 2.03. The lowest BCUT2D eigenvalue weighted by Crippen LogP contribution is -2.19. The molecule has 2 N–H and O–H groups in total. The Balaban J connectivity index is 2.20. The van der Waals surface area contributed by atoms with Crippen molar-refractivity contribution in [1.29, 1.82) is 0 Å². The minimum absolute atomic E-state index is 0.827. The third-order valence-corrected chi connectivity index (χ3v) is 3.04. The zero-order valence-corrected chi connectivity index (χ0v) is 8.96. The number of rotatable bonds is 1. The molecule has 0 aliphatic carbocycles. The SMILES string of the molecule is Cc1cc(N2CCC(C)C2)ccc1N. The molecule has 1 aliphatic rings. The molecule has 1 aromatic carbocycles. The first-order chi connectivity index (χ1) is 6.66. The number of hydrogen-bond donors (Lipinski definition) is 1. The number of hydrogen-bond acceptors (Lipinski definition) is 2. The molecule has 0 amide bonds. The lowest BCUT2D eigenvalue weighted by atomic mass is 10.1. The van der Waals surface area contributed by atoms with Gasteiger partial charge >= 0.3 is 0 Å².